The molecule has 0 saturated heterocycles. The minimum atomic E-state index is -0.715. The van der Waals surface area contributed by atoms with Gasteiger partial charge in [-0.25, -0.2) is 0 Å². The molecular weight excluding hydrogens is 584 g/mol. The summed E-state index contributed by atoms with van der Waals surface area (Å²) in [6.07, 6.45) is 0. The van der Waals surface area contributed by atoms with Gasteiger partial charge in [0.1, 0.15) is 8.80 Å². The van der Waals surface area contributed by atoms with E-state index in [0.717, 1.165) is 0 Å². The predicted molar refractivity (Wildman–Crippen MR) is 151 cm³/mol. The average molecular weight is 635 g/mol. The van der Waals surface area contributed by atoms with Gasteiger partial charge in [0, 0.05) is 0 Å². The number of hydrogen-bond acceptors (Lipinski definition) is 0. The molecule has 2 heteroatoms. The van der Waals surface area contributed by atoms with Crippen molar-refractivity contribution in [3.8, 4) is 4.20 Å². The van der Waals surface area contributed by atoms with Crippen LogP contribution >= 0.6 is 0 Å². The molecule has 0 N–H and O–H groups in total. The summed E-state index contributed by atoms with van der Waals surface area (Å²) in [5, 5.41) is 3.32. The number of hydrogen-bond donors (Lipinski definition) is 0. The Morgan fingerprint density at radius 3 is 0.939 bits per heavy atom. The van der Waals surface area contributed by atoms with Crippen LogP contribution in [0.1, 0.15) is 83.1 Å². The summed E-state index contributed by atoms with van der Waals surface area (Å²) in [7, 11) is -0.715. The zero-order valence-electron chi connectivity index (χ0n) is 23.6. The van der Waals surface area contributed by atoms with Gasteiger partial charge in [0.05, 0.1) is 0 Å². The molecule has 0 saturated carbocycles. The second-order valence-corrected chi connectivity index (χ2v) is 17.0. The van der Waals surface area contributed by atoms with Crippen LogP contribution in [-0.2, 0) is 19.2 Å². The van der Waals surface area contributed by atoms with Crippen LogP contribution in [0, 0.1) is 34.3 Å². The zero-order chi connectivity index (χ0) is 26.5. The molecule has 186 valence electrons. The van der Waals surface area contributed by atoms with Crippen molar-refractivity contribution in [3.05, 3.63) is 74.5 Å². The molecule has 2 aromatic rings. The molecule has 0 nitrogen and oxygen atoms in total. The molecular formula is C31H50SiW-2. The van der Waals surface area contributed by atoms with Gasteiger partial charge in [-0.2, -0.15) is 10.8 Å². The SMILES string of the molecule is CC(C)(C)[C]#[W].CC(C)(C)[Si](c1ccccc1)c1ccccc1.[CH2-]C(C)(C)C.[CH2-]C(C)(C)C. The van der Waals surface area contributed by atoms with Crippen LogP contribution in [0.2, 0.25) is 5.04 Å². The third-order valence-corrected chi connectivity index (χ3v) is 8.70. The largest absolute Gasteiger partial charge is 0.338 e. The summed E-state index contributed by atoms with van der Waals surface area (Å²) in [5.41, 5.74) is 0.829. The summed E-state index contributed by atoms with van der Waals surface area (Å²) >= 11 is 1.44. The fraction of sp³-hybridized carbons (Fsp3) is 0.516. The minimum Gasteiger partial charge on any atom is -0.338 e. The molecule has 0 aliphatic heterocycles. The second-order valence-electron chi connectivity index (χ2n) is 12.8. The van der Waals surface area contributed by atoms with Crippen molar-refractivity contribution >= 4 is 19.2 Å². The fourth-order valence-electron chi connectivity index (χ4n) is 2.24. The van der Waals surface area contributed by atoms with E-state index in [9.17, 15) is 0 Å². The van der Waals surface area contributed by atoms with Crippen molar-refractivity contribution in [1.82, 2.24) is 0 Å². The molecule has 0 unspecified atom stereocenters. The van der Waals surface area contributed by atoms with Gasteiger partial charge in [-0.05, 0) is 5.04 Å². The zero-order valence-corrected chi connectivity index (χ0v) is 27.5. The first-order valence-corrected chi connectivity index (χ1v) is 14.7. The Morgan fingerprint density at radius 1 is 0.576 bits per heavy atom. The summed E-state index contributed by atoms with van der Waals surface area (Å²) in [6, 6.07) is 21.9. The van der Waals surface area contributed by atoms with Gasteiger partial charge in [-0.15, -0.1) is 0 Å². The van der Waals surface area contributed by atoms with Crippen LogP contribution in [0.5, 0.6) is 0 Å². The summed E-state index contributed by atoms with van der Waals surface area (Å²) in [5.74, 6) is 0. The van der Waals surface area contributed by atoms with Gasteiger partial charge in [0.25, 0.3) is 0 Å². The molecule has 2 aromatic carbocycles. The van der Waals surface area contributed by atoms with Crippen molar-refractivity contribution in [2.24, 2.45) is 16.2 Å². The Morgan fingerprint density at radius 2 is 0.788 bits per heavy atom. The van der Waals surface area contributed by atoms with Crippen LogP contribution in [0.3, 0.4) is 0 Å². The maximum Gasteiger partial charge on any atom is 0.126 e. The van der Waals surface area contributed by atoms with E-state index in [4.69, 9.17) is 0 Å². The molecule has 0 fully saturated rings. The van der Waals surface area contributed by atoms with Gasteiger partial charge < -0.3 is 13.8 Å². The normalized spacial score (nSPS) is 11.6. The van der Waals surface area contributed by atoms with E-state index < -0.39 is 8.80 Å². The van der Waals surface area contributed by atoms with Crippen LogP contribution in [0.4, 0.5) is 0 Å². The smallest absolute Gasteiger partial charge is 0.126 e. The maximum absolute atomic E-state index is 3.77. The van der Waals surface area contributed by atoms with Crippen molar-refractivity contribution < 1.29 is 19.2 Å². The van der Waals surface area contributed by atoms with Crippen molar-refractivity contribution in [2.45, 2.75) is 88.1 Å². The minimum absolute atomic E-state index is 0.250. The van der Waals surface area contributed by atoms with Crippen LogP contribution < -0.4 is 10.4 Å². The molecule has 0 bridgehead atoms. The standard InChI is InChI=1S/C16H19Si.2C5H11.C5H9.W/c1-16(2,3)17(14-10-6-4-7-11-14)15-12-8-5-9-13-15;3*1-5(2,3)4;/h4-13H,1-3H3;2*1H2,2-4H3;1-3H3;/q;2*-1;;. The third kappa shape index (κ3) is 25.6. The van der Waals surface area contributed by atoms with E-state index in [-0.39, 0.29) is 10.8 Å². The Labute approximate surface area is 220 Å². The quantitative estimate of drug-likeness (QED) is 0.230. The van der Waals surface area contributed by atoms with Crippen LogP contribution in [-0.4, -0.2) is 8.80 Å². The van der Waals surface area contributed by atoms with Gasteiger partial charge in [-0.1, -0.05) is 133 Å². The first-order chi connectivity index (χ1) is 14.6. The van der Waals surface area contributed by atoms with Crippen LogP contribution in [0.25, 0.3) is 0 Å². The molecule has 0 atom stereocenters. The maximum atomic E-state index is 3.77. The molecule has 0 heterocycles. The molecule has 0 aromatic heterocycles. The van der Waals surface area contributed by atoms with Crippen LogP contribution in [0.15, 0.2) is 60.7 Å². The second kappa shape index (κ2) is 15.2. The average Bonchev–Trinajstić information content (AvgIpc) is 2.60. The van der Waals surface area contributed by atoms with Crippen molar-refractivity contribution in [1.29, 1.82) is 0 Å². The Balaban J connectivity index is 0. The molecule has 0 aliphatic carbocycles. The van der Waals surface area contributed by atoms with Gasteiger partial charge in [0.2, 0.25) is 0 Å². The summed E-state index contributed by atoms with van der Waals surface area (Å²) in [4.78, 5) is 0. The van der Waals surface area contributed by atoms with Crippen molar-refractivity contribution in [2.75, 3.05) is 0 Å². The predicted octanol–water partition coefficient (Wildman–Crippen LogP) is 8.37. The van der Waals surface area contributed by atoms with E-state index in [1.54, 1.807) is 0 Å². The first kappa shape index (κ1) is 34.3. The Hall–Kier alpha value is -0.875. The molecule has 0 amide bonds. The fourth-order valence-corrected chi connectivity index (χ4v) is 5.36. The number of benzene rings is 2. The number of rotatable bonds is 2. The first-order valence-electron chi connectivity index (χ1n) is 11.7. The molecule has 0 aliphatic rings. The van der Waals surface area contributed by atoms with Crippen molar-refractivity contribution in [3.63, 3.8) is 0 Å². The third-order valence-electron chi connectivity index (χ3n) is 3.18. The summed E-state index contributed by atoms with van der Waals surface area (Å²) < 4.78 is 3.19. The topological polar surface area (TPSA) is 0 Å². The van der Waals surface area contributed by atoms with E-state index in [2.05, 4.69) is 162 Å². The molecule has 2 rings (SSSR count). The van der Waals surface area contributed by atoms with Gasteiger partial charge in [-0.3, -0.25) is 0 Å². The van der Waals surface area contributed by atoms with E-state index >= 15 is 0 Å². The monoisotopic (exact) mass is 634 g/mol. The molecule has 1 radical (unpaired) electrons. The molecule has 33 heavy (non-hydrogen) atoms. The van der Waals surface area contributed by atoms with Gasteiger partial charge in [0.15, 0.2) is 0 Å². The summed E-state index contributed by atoms with van der Waals surface area (Å²) in [6.45, 7) is 33.5. The van der Waals surface area contributed by atoms with E-state index in [0.29, 0.717) is 10.5 Å². The van der Waals surface area contributed by atoms with Gasteiger partial charge >= 0.3 is 49.5 Å². The Kier molecular flexibility index (Phi) is 15.8. The van der Waals surface area contributed by atoms with E-state index in [1.165, 1.54) is 29.5 Å². The van der Waals surface area contributed by atoms with E-state index in [1.807, 2.05) is 0 Å². The Bertz CT molecular complexity index is 710. The molecule has 0 spiro atoms.